The number of Topliss-reactive ketones (excluding diaryl/α,β-unsaturated/α-hetero) is 1. The highest BCUT2D eigenvalue weighted by molar-refractivity contribution is 6.00. The summed E-state index contributed by atoms with van der Waals surface area (Å²) >= 11 is 0. The molecule has 0 spiro atoms. The number of nitrogens with zero attached hydrogens (tertiary/aromatic N) is 2. The SMILES string of the molecule is CCOc1cccc([C@@H]2C3=C(CCCC3=O)Nc3nc(N4CCCCC4)[nH]c(=O)c32)c1. The van der Waals surface area contributed by atoms with Crippen LogP contribution in [0.2, 0.25) is 0 Å². The molecule has 1 aromatic carbocycles. The molecular formula is C24H28N4O3. The first-order chi connectivity index (χ1) is 15.2. The van der Waals surface area contributed by atoms with E-state index in [1.807, 2.05) is 31.2 Å². The van der Waals surface area contributed by atoms with Gasteiger partial charge >= 0.3 is 0 Å². The van der Waals surface area contributed by atoms with Crippen LogP contribution in [0.1, 0.15) is 62.5 Å². The number of nitrogens with one attached hydrogen (secondary N) is 2. The van der Waals surface area contributed by atoms with Gasteiger partial charge in [-0.3, -0.25) is 14.6 Å². The van der Waals surface area contributed by atoms with E-state index < -0.39 is 5.92 Å². The van der Waals surface area contributed by atoms with E-state index in [-0.39, 0.29) is 11.3 Å². The first-order valence-electron chi connectivity index (χ1n) is 11.3. The molecule has 1 atom stereocenters. The van der Waals surface area contributed by atoms with Crippen LogP contribution in [0.3, 0.4) is 0 Å². The Morgan fingerprint density at radius 3 is 2.77 bits per heavy atom. The summed E-state index contributed by atoms with van der Waals surface area (Å²) < 4.78 is 5.69. The molecule has 3 aliphatic rings. The molecule has 3 heterocycles. The minimum Gasteiger partial charge on any atom is -0.494 e. The van der Waals surface area contributed by atoms with Crippen LogP contribution in [0.15, 0.2) is 40.3 Å². The monoisotopic (exact) mass is 420 g/mol. The van der Waals surface area contributed by atoms with Gasteiger partial charge in [0.05, 0.1) is 12.2 Å². The Labute approximate surface area is 181 Å². The fraction of sp³-hybridized carbons (Fsp3) is 0.458. The third-order valence-electron chi connectivity index (χ3n) is 6.40. The summed E-state index contributed by atoms with van der Waals surface area (Å²) in [6.07, 6.45) is 5.52. The van der Waals surface area contributed by atoms with E-state index in [1.54, 1.807) is 0 Å². The predicted molar refractivity (Wildman–Crippen MR) is 120 cm³/mol. The molecule has 1 aliphatic carbocycles. The van der Waals surface area contributed by atoms with Crippen LogP contribution < -0.4 is 20.5 Å². The van der Waals surface area contributed by atoms with Gasteiger partial charge in [-0.05, 0) is 56.7 Å². The highest BCUT2D eigenvalue weighted by Crippen LogP contribution is 2.44. The lowest BCUT2D eigenvalue weighted by molar-refractivity contribution is -0.116. The molecule has 0 amide bonds. The third kappa shape index (κ3) is 3.62. The van der Waals surface area contributed by atoms with Gasteiger partial charge in [0.2, 0.25) is 5.95 Å². The largest absolute Gasteiger partial charge is 0.494 e. The Bertz CT molecular complexity index is 1100. The minimum absolute atomic E-state index is 0.103. The van der Waals surface area contributed by atoms with E-state index in [2.05, 4.69) is 15.2 Å². The standard InChI is InChI=1S/C24H28N4O3/c1-2-31-16-9-6-8-15(14-16)19-20-17(10-7-11-18(20)29)25-22-21(19)23(30)27-24(26-22)28-12-4-3-5-13-28/h6,8-9,14,19H,2-5,7,10-13H2,1H3,(H2,25,26,27,30)/t19-/m1/s1. The molecule has 2 aromatic rings. The lowest BCUT2D eigenvalue weighted by atomic mass is 9.76. The molecule has 2 aliphatic heterocycles. The van der Waals surface area contributed by atoms with E-state index in [4.69, 9.17) is 9.72 Å². The van der Waals surface area contributed by atoms with Gasteiger partial charge in [-0.25, -0.2) is 0 Å². The summed E-state index contributed by atoms with van der Waals surface area (Å²) in [4.78, 5) is 36.4. The van der Waals surface area contributed by atoms with Gasteiger partial charge in [0, 0.05) is 36.7 Å². The van der Waals surface area contributed by atoms with Crippen LogP contribution in [-0.4, -0.2) is 35.4 Å². The number of hydrogen-bond acceptors (Lipinski definition) is 6. The topological polar surface area (TPSA) is 87.3 Å². The quantitative estimate of drug-likeness (QED) is 0.784. The predicted octanol–water partition coefficient (Wildman–Crippen LogP) is 3.72. The zero-order valence-electron chi connectivity index (χ0n) is 17.9. The second-order valence-corrected chi connectivity index (χ2v) is 8.43. The van der Waals surface area contributed by atoms with E-state index >= 15 is 0 Å². The molecule has 7 heteroatoms. The number of benzene rings is 1. The van der Waals surface area contributed by atoms with Crippen molar-refractivity contribution in [1.29, 1.82) is 0 Å². The van der Waals surface area contributed by atoms with Crippen molar-refractivity contribution >= 4 is 17.5 Å². The number of aromatic amines is 1. The van der Waals surface area contributed by atoms with Gasteiger partial charge in [-0.15, -0.1) is 0 Å². The molecule has 1 saturated heterocycles. The first-order valence-corrected chi connectivity index (χ1v) is 11.3. The number of H-pyrrole nitrogens is 1. The van der Waals surface area contributed by atoms with Crippen LogP contribution in [0, 0.1) is 0 Å². The van der Waals surface area contributed by atoms with Gasteiger partial charge < -0.3 is 15.0 Å². The maximum Gasteiger partial charge on any atom is 0.258 e. The molecule has 0 saturated carbocycles. The van der Waals surface area contributed by atoms with E-state index in [0.29, 0.717) is 35.9 Å². The number of aromatic nitrogens is 2. The molecule has 0 bridgehead atoms. The van der Waals surface area contributed by atoms with Gasteiger partial charge in [0.1, 0.15) is 11.6 Å². The fourth-order valence-electron chi connectivity index (χ4n) is 4.99. The van der Waals surface area contributed by atoms with E-state index in [0.717, 1.165) is 55.8 Å². The first kappa shape index (κ1) is 19.8. The highest BCUT2D eigenvalue weighted by atomic mass is 16.5. The van der Waals surface area contributed by atoms with Crippen molar-refractivity contribution in [2.75, 3.05) is 29.9 Å². The van der Waals surface area contributed by atoms with Gasteiger partial charge in [-0.2, -0.15) is 4.98 Å². The van der Waals surface area contributed by atoms with Crippen LogP contribution >= 0.6 is 0 Å². The number of rotatable bonds is 4. The molecule has 1 aromatic heterocycles. The molecule has 1 fully saturated rings. The third-order valence-corrected chi connectivity index (χ3v) is 6.40. The molecule has 0 unspecified atom stereocenters. The Kier molecular flexibility index (Phi) is 5.26. The number of hydrogen-bond donors (Lipinski definition) is 2. The fourth-order valence-corrected chi connectivity index (χ4v) is 4.99. The molecule has 7 nitrogen and oxygen atoms in total. The number of piperidine rings is 1. The Morgan fingerprint density at radius 1 is 1.13 bits per heavy atom. The number of ketones is 1. The number of carbonyl (C=O) groups excluding carboxylic acids is 1. The van der Waals surface area contributed by atoms with E-state index in [1.165, 1.54) is 6.42 Å². The summed E-state index contributed by atoms with van der Waals surface area (Å²) in [6.45, 7) is 4.29. The van der Waals surface area contributed by atoms with Crippen LogP contribution in [-0.2, 0) is 4.79 Å². The average molecular weight is 421 g/mol. The zero-order chi connectivity index (χ0) is 21.4. The summed E-state index contributed by atoms with van der Waals surface area (Å²) in [7, 11) is 0. The Morgan fingerprint density at radius 2 is 1.97 bits per heavy atom. The maximum atomic E-state index is 13.4. The van der Waals surface area contributed by atoms with Crippen molar-refractivity contribution in [2.24, 2.45) is 0 Å². The summed E-state index contributed by atoms with van der Waals surface area (Å²) in [5, 5.41) is 3.36. The van der Waals surface area contributed by atoms with Crippen LogP contribution in [0.4, 0.5) is 11.8 Å². The van der Waals surface area contributed by atoms with Crippen molar-refractivity contribution < 1.29 is 9.53 Å². The number of fused-ring (bicyclic) bond motifs is 1. The van der Waals surface area contributed by atoms with E-state index in [9.17, 15) is 9.59 Å². The molecule has 31 heavy (non-hydrogen) atoms. The normalized spacial score (nSPS) is 20.7. The summed E-state index contributed by atoms with van der Waals surface area (Å²) in [5.41, 5.74) is 2.82. The molecule has 2 N–H and O–H groups in total. The maximum absolute atomic E-state index is 13.4. The van der Waals surface area contributed by atoms with Crippen molar-refractivity contribution in [3.8, 4) is 5.75 Å². The minimum atomic E-state index is -0.439. The summed E-state index contributed by atoms with van der Waals surface area (Å²) in [5.74, 6) is 1.59. The lowest BCUT2D eigenvalue weighted by Gasteiger charge is -2.34. The number of allylic oxidation sites excluding steroid dienone is 2. The molecule has 5 rings (SSSR count). The van der Waals surface area contributed by atoms with Crippen molar-refractivity contribution in [1.82, 2.24) is 9.97 Å². The van der Waals surface area contributed by atoms with Gasteiger partial charge in [0.25, 0.3) is 5.56 Å². The molecule has 0 radical (unpaired) electrons. The van der Waals surface area contributed by atoms with Crippen molar-refractivity contribution in [3.05, 3.63) is 57.0 Å². The summed E-state index contributed by atoms with van der Waals surface area (Å²) in [6, 6.07) is 7.72. The molecular weight excluding hydrogens is 392 g/mol. The Balaban J connectivity index is 1.65. The highest BCUT2D eigenvalue weighted by Gasteiger charge is 2.38. The van der Waals surface area contributed by atoms with Crippen molar-refractivity contribution in [2.45, 2.75) is 51.4 Å². The number of ether oxygens (including phenoxy) is 1. The van der Waals surface area contributed by atoms with Crippen LogP contribution in [0.5, 0.6) is 5.75 Å². The second kappa shape index (κ2) is 8.21. The second-order valence-electron chi connectivity index (χ2n) is 8.43. The number of carbonyl (C=O) groups is 1. The number of anilines is 2. The van der Waals surface area contributed by atoms with Crippen LogP contribution in [0.25, 0.3) is 0 Å². The van der Waals surface area contributed by atoms with Crippen molar-refractivity contribution in [3.63, 3.8) is 0 Å². The average Bonchev–Trinajstić information content (AvgIpc) is 2.79. The zero-order valence-corrected chi connectivity index (χ0v) is 17.9. The molecule has 162 valence electrons. The lowest BCUT2D eigenvalue weighted by Crippen LogP contribution is -2.36. The van der Waals surface area contributed by atoms with Gasteiger partial charge in [0.15, 0.2) is 5.78 Å². The Hall–Kier alpha value is -3.09. The smallest absolute Gasteiger partial charge is 0.258 e. The van der Waals surface area contributed by atoms with Gasteiger partial charge in [-0.1, -0.05) is 12.1 Å².